The molecule has 5 heteroatoms. The number of aliphatic hydroxyl groups excluding tert-OH is 1. The van der Waals surface area contributed by atoms with E-state index in [0.29, 0.717) is 23.7 Å². The van der Waals surface area contributed by atoms with Gasteiger partial charge in [-0.1, -0.05) is 0 Å². The molecule has 5 nitrogen and oxygen atoms in total. The van der Waals surface area contributed by atoms with Crippen molar-refractivity contribution in [2.75, 3.05) is 39.1 Å². The van der Waals surface area contributed by atoms with Crippen molar-refractivity contribution in [1.29, 1.82) is 0 Å². The van der Waals surface area contributed by atoms with E-state index in [1.807, 2.05) is 0 Å². The number of nitrogens with two attached hydrogens (primary N) is 1. The predicted octanol–water partition coefficient (Wildman–Crippen LogP) is 1.11. The highest BCUT2D eigenvalue weighted by Gasteiger charge is 2.16. The van der Waals surface area contributed by atoms with Gasteiger partial charge >= 0.3 is 0 Å². The average Bonchev–Trinajstić information content (AvgIpc) is 2.89. The van der Waals surface area contributed by atoms with Gasteiger partial charge in [0, 0.05) is 12.6 Å². The zero-order chi connectivity index (χ0) is 13.7. The summed E-state index contributed by atoms with van der Waals surface area (Å²) in [4.78, 5) is 2.26. The fourth-order valence-electron chi connectivity index (χ4n) is 2.31. The fraction of sp³-hybridized carbons (Fsp3) is 0.571. The number of nitrogens with zero attached hydrogens (tertiary/aromatic N) is 1. The van der Waals surface area contributed by atoms with Gasteiger partial charge in [-0.3, -0.25) is 0 Å². The van der Waals surface area contributed by atoms with Crippen LogP contribution < -0.4 is 15.2 Å². The lowest BCUT2D eigenvalue weighted by Gasteiger charge is -2.19. The van der Waals surface area contributed by atoms with Crippen LogP contribution in [-0.4, -0.2) is 49.5 Å². The molecule has 0 aliphatic carbocycles. The Labute approximate surface area is 113 Å². The number of benzene rings is 1. The van der Waals surface area contributed by atoms with Gasteiger partial charge in [-0.25, -0.2) is 0 Å². The molecule has 1 aromatic rings. The van der Waals surface area contributed by atoms with Crippen molar-refractivity contribution in [2.24, 2.45) is 0 Å². The molecule has 106 valence electrons. The molecule has 0 unspecified atom stereocenters. The van der Waals surface area contributed by atoms with Crippen molar-refractivity contribution in [2.45, 2.75) is 18.9 Å². The molecule has 0 spiro atoms. The third-order valence-electron chi connectivity index (χ3n) is 3.31. The van der Waals surface area contributed by atoms with Crippen LogP contribution in [0.5, 0.6) is 11.5 Å². The molecule has 0 saturated carbocycles. The van der Waals surface area contributed by atoms with Crippen molar-refractivity contribution < 1.29 is 14.6 Å². The molecule has 3 N–H and O–H groups in total. The van der Waals surface area contributed by atoms with E-state index >= 15 is 0 Å². The number of anilines is 1. The first-order chi connectivity index (χ1) is 9.19. The molecular weight excluding hydrogens is 244 g/mol. The molecule has 0 amide bonds. The molecule has 2 rings (SSSR count). The molecule has 1 aliphatic heterocycles. The molecule has 0 radical (unpaired) electrons. The Bertz CT molecular complexity index is 406. The van der Waals surface area contributed by atoms with Gasteiger partial charge in [0.15, 0.2) is 0 Å². The van der Waals surface area contributed by atoms with Gasteiger partial charge < -0.3 is 25.2 Å². The summed E-state index contributed by atoms with van der Waals surface area (Å²) in [7, 11) is 1.58. The minimum absolute atomic E-state index is 0.280. The molecule has 0 bridgehead atoms. The van der Waals surface area contributed by atoms with E-state index in [1.165, 1.54) is 12.8 Å². The number of likely N-dealkylation sites (tertiary alicyclic amines) is 1. The van der Waals surface area contributed by atoms with Gasteiger partial charge in [0.2, 0.25) is 0 Å². The molecule has 1 fully saturated rings. The Hall–Kier alpha value is -1.46. The van der Waals surface area contributed by atoms with Gasteiger partial charge in [-0.05, 0) is 38.1 Å². The zero-order valence-corrected chi connectivity index (χ0v) is 11.3. The SMILES string of the molecule is COc1ccc(OC[C@@H](O)CN2CCCC2)cc1N. The second-order valence-electron chi connectivity index (χ2n) is 4.88. The Morgan fingerprint density at radius 2 is 2.11 bits per heavy atom. The Morgan fingerprint density at radius 1 is 1.37 bits per heavy atom. The molecular formula is C14H22N2O3. The van der Waals surface area contributed by atoms with Crippen LogP contribution in [0.2, 0.25) is 0 Å². The maximum absolute atomic E-state index is 9.92. The first-order valence-corrected chi connectivity index (χ1v) is 6.66. The van der Waals surface area contributed by atoms with E-state index in [9.17, 15) is 5.11 Å². The van der Waals surface area contributed by atoms with Gasteiger partial charge in [0.1, 0.15) is 24.2 Å². The highest BCUT2D eigenvalue weighted by molar-refractivity contribution is 5.56. The average molecular weight is 266 g/mol. The second kappa shape index (κ2) is 6.63. The summed E-state index contributed by atoms with van der Waals surface area (Å²) in [6, 6.07) is 5.26. The van der Waals surface area contributed by atoms with Gasteiger partial charge in [-0.15, -0.1) is 0 Å². The number of methoxy groups -OCH3 is 1. The lowest BCUT2D eigenvalue weighted by molar-refractivity contribution is 0.0758. The first-order valence-electron chi connectivity index (χ1n) is 6.66. The van der Waals surface area contributed by atoms with Gasteiger partial charge in [0.05, 0.1) is 12.8 Å². The lowest BCUT2D eigenvalue weighted by Crippen LogP contribution is -2.33. The minimum atomic E-state index is -0.471. The lowest BCUT2D eigenvalue weighted by atomic mass is 10.3. The summed E-state index contributed by atoms with van der Waals surface area (Å²) in [5.74, 6) is 1.28. The summed E-state index contributed by atoms with van der Waals surface area (Å²) in [6.07, 6.45) is 1.98. The number of aliphatic hydroxyl groups is 1. The Kier molecular flexibility index (Phi) is 4.87. The number of rotatable bonds is 6. The van der Waals surface area contributed by atoms with E-state index in [2.05, 4.69) is 4.90 Å². The summed E-state index contributed by atoms with van der Waals surface area (Å²) < 4.78 is 10.6. The maximum atomic E-state index is 9.92. The third kappa shape index (κ3) is 4.01. The van der Waals surface area contributed by atoms with Gasteiger partial charge in [0.25, 0.3) is 0 Å². The normalized spacial score (nSPS) is 17.4. The van der Waals surface area contributed by atoms with Crippen LogP contribution in [-0.2, 0) is 0 Å². The third-order valence-corrected chi connectivity index (χ3v) is 3.31. The van der Waals surface area contributed by atoms with Crippen molar-refractivity contribution >= 4 is 5.69 Å². The number of ether oxygens (including phenoxy) is 2. The smallest absolute Gasteiger partial charge is 0.142 e. The van der Waals surface area contributed by atoms with Crippen molar-refractivity contribution in [1.82, 2.24) is 4.90 Å². The highest BCUT2D eigenvalue weighted by atomic mass is 16.5. The van der Waals surface area contributed by atoms with E-state index in [1.54, 1.807) is 25.3 Å². The van der Waals surface area contributed by atoms with Crippen molar-refractivity contribution in [3.05, 3.63) is 18.2 Å². The molecule has 1 heterocycles. The Balaban J connectivity index is 1.79. The van der Waals surface area contributed by atoms with Crippen LogP contribution in [0.4, 0.5) is 5.69 Å². The topological polar surface area (TPSA) is 68.0 Å². The number of nitrogen functional groups attached to an aromatic ring is 1. The largest absolute Gasteiger partial charge is 0.495 e. The van der Waals surface area contributed by atoms with Crippen LogP contribution >= 0.6 is 0 Å². The van der Waals surface area contributed by atoms with E-state index in [-0.39, 0.29) is 6.61 Å². The zero-order valence-electron chi connectivity index (χ0n) is 11.3. The van der Waals surface area contributed by atoms with Crippen LogP contribution in [0.25, 0.3) is 0 Å². The quantitative estimate of drug-likeness (QED) is 0.755. The molecule has 19 heavy (non-hydrogen) atoms. The first kappa shape index (κ1) is 14.0. The predicted molar refractivity (Wildman–Crippen MR) is 74.6 cm³/mol. The standard InChI is InChI=1S/C14H22N2O3/c1-18-14-5-4-12(8-13(14)15)19-10-11(17)9-16-6-2-3-7-16/h4-5,8,11,17H,2-3,6-7,9-10,15H2,1H3/t11-/m0/s1. The summed E-state index contributed by atoms with van der Waals surface area (Å²) in [5, 5.41) is 9.92. The maximum Gasteiger partial charge on any atom is 0.142 e. The van der Waals surface area contributed by atoms with E-state index in [4.69, 9.17) is 15.2 Å². The van der Waals surface area contributed by atoms with Crippen molar-refractivity contribution in [3.8, 4) is 11.5 Å². The molecule has 0 aromatic heterocycles. The summed E-state index contributed by atoms with van der Waals surface area (Å²) in [6.45, 7) is 3.10. The fourth-order valence-corrected chi connectivity index (χ4v) is 2.31. The van der Waals surface area contributed by atoms with E-state index in [0.717, 1.165) is 13.1 Å². The number of β-amino-alcohol motifs (C(OH)–C–C–N with tert-alkyl or cyclic N) is 1. The summed E-state index contributed by atoms with van der Waals surface area (Å²) in [5.41, 5.74) is 6.33. The molecule has 1 aliphatic rings. The van der Waals surface area contributed by atoms with Crippen LogP contribution in [0.1, 0.15) is 12.8 Å². The van der Waals surface area contributed by atoms with E-state index < -0.39 is 6.10 Å². The van der Waals surface area contributed by atoms with Crippen LogP contribution in [0.15, 0.2) is 18.2 Å². The molecule has 1 atom stereocenters. The van der Waals surface area contributed by atoms with Crippen molar-refractivity contribution in [3.63, 3.8) is 0 Å². The van der Waals surface area contributed by atoms with Gasteiger partial charge in [-0.2, -0.15) is 0 Å². The van der Waals surface area contributed by atoms with Crippen LogP contribution in [0, 0.1) is 0 Å². The minimum Gasteiger partial charge on any atom is -0.495 e. The highest BCUT2D eigenvalue weighted by Crippen LogP contribution is 2.26. The number of hydrogen-bond donors (Lipinski definition) is 2. The molecule has 1 saturated heterocycles. The summed E-state index contributed by atoms with van der Waals surface area (Å²) >= 11 is 0. The Morgan fingerprint density at radius 3 is 2.74 bits per heavy atom. The second-order valence-corrected chi connectivity index (χ2v) is 4.88. The van der Waals surface area contributed by atoms with Crippen LogP contribution in [0.3, 0.4) is 0 Å². The molecule has 1 aromatic carbocycles. The number of hydrogen-bond acceptors (Lipinski definition) is 5. The monoisotopic (exact) mass is 266 g/mol.